The predicted molar refractivity (Wildman–Crippen MR) is 88.1 cm³/mol. The maximum Gasteiger partial charge on any atom is 0.129 e. The molecule has 0 fully saturated rings. The fourth-order valence-electron chi connectivity index (χ4n) is 2.31. The van der Waals surface area contributed by atoms with Crippen molar-refractivity contribution in [1.82, 2.24) is 9.55 Å². The normalized spacial score (nSPS) is 11.2. The number of fused-ring (bicyclic) bond motifs is 1. The maximum absolute atomic E-state index is 6.06. The summed E-state index contributed by atoms with van der Waals surface area (Å²) in [6.07, 6.45) is 0. The zero-order chi connectivity index (χ0) is 14.3. The Morgan fingerprint density at radius 1 is 1.25 bits per heavy atom. The van der Waals surface area contributed by atoms with E-state index in [0.29, 0.717) is 10.9 Å². The van der Waals surface area contributed by atoms with Crippen LogP contribution in [0.25, 0.3) is 16.7 Å². The van der Waals surface area contributed by atoms with Crippen LogP contribution in [0.3, 0.4) is 0 Å². The molecule has 1 aromatic heterocycles. The molecule has 0 saturated heterocycles. The Morgan fingerprint density at radius 2 is 2.05 bits per heavy atom. The second-order valence-corrected chi connectivity index (χ2v) is 6.09. The van der Waals surface area contributed by atoms with Gasteiger partial charge in [-0.1, -0.05) is 23.7 Å². The highest BCUT2D eigenvalue weighted by atomic mass is 79.9. The highest BCUT2D eigenvalue weighted by molar-refractivity contribution is 9.10. The molecule has 3 aromatic rings. The zero-order valence-corrected chi connectivity index (χ0v) is 13.8. The Hall–Kier alpha value is -1.03. The van der Waals surface area contributed by atoms with Gasteiger partial charge in [-0.3, -0.25) is 4.57 Å². The van der Waals surface area contributed by atoms with Crippen LogP contribution in [0.15, 0.2) is 40.9 Å². The van der Waals surface area contributed by atoms with Gasteiger partial charge in [-0.15, -0.1) is 11.6 Å². The van der Waals surface area contributed by atoms with Crippen LogP contribution in [-0.4, -0.2) is 9.55 Å². The number of aromatic nitrogens is 2. The number of halogens is 3. The summed E-state index contributed by atoms with van der Waals surface area (Å²) in [5.41, 5.74) is 4.14. The predicted octanol–water partition coefficient (Wildman–Crippen LogP) is 5.49. The number of para-hydroxylation sites is 1. The molecule has 0 unspecified atom stereocenters. The first kappa shape index (κ1) is 13.9. The zero-order valence-electron chi connectivity index (χ0n) is 10.7. The van der Waals surface area contributed by atoms with Crippen LogP contribution in [0.5, 0.6) is 0 Å². The van der Waals surface area contributed by atoms with Crippen LogP contribution in [0, 0.1) is 6.92 Å². The van der Waals surface area contributed by atoms with Crippen molar-refractivity contribution in [1.29, 1.82) is 0 Å². The summed E-state index contributed by atoms with van der Waals surface area (Å²) < 4.78 is 2.98. The molecular weight excluding hydrogens is 359 g/mol. The Balaban J connectivity index is 2.37. The van der Waals surface area contributed by atoms with Gasteiger partial charge in [0.1, 0.15) is 5.82 Å². The molecule has 0 bridgehead atoms. The van der Waals surface area contributed by atoms with Crippen molar-refractivity contribution >= 4 is 50.2 Å². The van der Waals surface area contributed by atoms with E-state index in [1.807, 2.05) is 30.3 Å². The summed E-state index contributed by atoms with van der Waals surface area (Å²) in [4.78, 5) is 4.65. The van der Waals surface area contributed by atoms with Crippen molar-refractivity contribution in [2.75, 3.05) is 0 Å². The third kappa shape index (κ3) is 2.24. The van der Waals surface area contributed by atoms with Crippen molar-refractivity contribution in [2.24, 2.45) is 0 Å². The van der Waals surface area contributed by atoms with Crippen molar-refractivity contribution in [3.8, 4) is 5.69 Å². The number of hydrogen-bond acceptors (Lipinski definition) is 1. The average molecular weight is 370 g/mol. The van der Waals surface area contributed by atoms with Crippen LogP contribution in [0.2, 0.25) is 5.02 Å². The number of hydrogen-bond donors (Lipinski definition) is 0. The van der Waals surface area contributed by atoms with E-state index in [2.05, 4.69) is 38.5 Å². The maximum atomic E-state index is 6.06. The minimum atomic E-state index is 0.350. The molecule has 0 spiro atoms. The lowest BCUT2D eigenvalue weighted by atomic mass is 10.2. The topological polar surface area (TPSA) is 17.8 Å². The SMILES string of the molecule is Cc1cccc2c1nc(CCl)n2-c1ccc(Cl)cc1Br. The smallest absolute Gasteiger partial charge is 0.129 e. The fourth-order valence-corrected chi connectivity index (χ4v) is 3.35. The summed E-state index contributed by atoms with van der Waals surface area (Å²) in [5, 5.41) is 0.689. The van der Waals surface area contributed by atoms with E-state index in [9.17, 15) is 0 Å². The van der Waals surface area contributed by atoms with Gasteiger partial charge in [0.2, 0.25) is 0 Å². The summed E-state index contributed by atoms with van der Waals surface area (Å²) in [6.45, 7) is 2.05. The molecule has 20 heavy (non-hydrogen) atoms. The van der Waals surface area contributed by atoms with Crippen LogP contribution in [0.1, 0.15) is 11.4 Å². The van der Waals surface area contributed by atoms with Gasteiger partial charge in [0.05, 0.1) is 22.6 Å². The van der Waals surface area contributed by atoms with E-state index in [-0.39, 0.29) is 0 Å². The van der Waals surface area contributed by atoms with E-state index in [0.717, 1.165) is 32.6 Å². The Kier molecular flexibility index (Phi) is 3.76. The van der Waals surface area contributed by atoms with Crippen molar-refractivity contribution < 1.29 is 0 Å². The van der Waals surface area contributed by atoms with Gasteiger partial charge in [-0.25, -0.2) is 4.98 Å². The molecule has 0 amide bonds. The van der Waals surface area contributed by atoms with Crippen molar-refractivity contribution in [3.05, 3.63) is 57.3 Å². The third-order valence-corrected chi connectivity index (χ3v) is 4.34. The molecule has 2 nitrogen and oxygen atoms in total. The van der Waals surface area contributed by atoms with Crippen LogP contribution in [0.4, 0.5) is 0 Å². The van der Waals surface area contributed by atoms with E-state index >= 15 is 0 Å². The average Bonchev–Trinajstić information content (AvgIpc) is 2.79. The minimum absolute atomic E-state index is 0.350. The monoisotopic (exact) mass is 368 g/mol. The summed E-state index contributed by atoms with van der Waals surface area (Å²) in [6, 6.07) is 11.8. The number of aryl methyl sites for hydroxylation is 1. The van der Waals surface area contributed by atoms with Gasteiger partial charge >= 0.3 is 0 Å². The second kappa shape index (κ2) is 5.40. The lowest BCUT2D eigenvalue weighted by Crippen LogP contribution is -2.00. The Bertz CT molecular complexity index is 796. The summed E-state index contributed by atoms with van der Waals surface area (Å²) in [7, 11) is 0. The van der Waals surface area contributed by atoms with Gasteiger partial charge < -0.3 is 0 Å². The summed E-state index contributed by atoms with van der Waals surface area (Å²) >= 11 is 15.6. The number of benzene rings is 2. The number of imidazole rings is 1. The first-order valence-electron chi connectivity index (χ1n) is 6.10. The van der Waals surface area contributed by atoms with E-state index in [1.54, 1.807) is 0 Å². The van der Waals surface area contributed by atoms with E-state index < -0.39 is 0 Å². The molecule has 0 N–H and O–H groups in total. The largest absolute Gasteiger partial charge is 0.294 e. The molecule has 5 heteroatoms. The Labute approximate surface area is 135 Å². The number of nitrogens with zero attached hydrogens (tertiary/aromatic N) is 2. The standard InChI is InChI=1S/C15H11BrCl2N2/c1-9-3-2-4-13-15(9)19-14(8-17)20(13)12-6-5-10(18)7-11(12)16/h2-7H,8H2,1H3. The van der Waals surface area contributed by atoms with Gasteiger partial charge in [-0.05, 0) is 52.7 Å². The number of alkyl halides is 1. The molecule has 0 atom stereocenters. The molecule has 2 aromatic carbocycles. The van der Waals surface area contributed by atoms with Crippen molar-refractivity contribution in [2.45, 2.75) is 12.8 Å². The molecule has 102 valence electrons. The molecule has 0 aliphatic rings. The van der Waals surface area contributed by atoms with Crippen molar-refractivity contribution in [3.63, 3.8) is 0 Å². The molecule has 0 aliphatic heterocycles. The van der Waals surface area contributed by atoms with E-state index in [1.165, 1.54) is 0 Å². The van der Waals surface area contributed by atoms with Crippen LogP contribution >= 0.6 is 39.1 Å². The molecule has 1 heterocycles. The van der Waals surface area contributed by atoms with Gasteiger partial charge in [0, 0.05) is 9.50 Å². The highest BCUT2D eigenvalue weighted by Crippen LogP contribution is 2.30. The lowest BCUT2D eigenvalue weighted by molar-refractivity contribution is 0.977. The highest BCUT2D eigenvalue weighted by Gasteiger charge is 2.15. The van der Waals surface area contributed by atoms with Gasteiger partial charge in [0.25, 0.3) is 0 Å². The first-order chi connectivity index (χ1) is 9.61. The molecule has 0 aliphatic carbocycles. The third-order valence-electron chi connectivity index (χ3n) is 3.23. The fraction of sp³-hybridized carbons (Fsp3) is 0.133. The minimum Gasteiger partial charge on any atom is -0.294 e. The Morgan fingerprint density at radius 3 is 2.75 bits per heavy atom. The first-order valence-corrected chi connectivity index (χ1v) is 7.80. The molecule has 0 radical (unpaired) electrons. The number of rotatable bonds is 2. The van der Waals surface area contributed by atoms with Gasteiger partial charge in [-0.2, -0.15) is 0 Å². The molecule has 0 saturated carbocycles. The van der Waals surface area contributed by atoms with Crippen LogP contribution < -0.4 is 0 Å². The van der Waals surface area contributed by atoms with Crippen LogP contribution in [-0.2, 0) is 5.88 Å². The van der Waals surface area contributed by atoms with Gasteiger partial charge in [0.15, 0.2) is 0 Å². The summed E-state index contributed by atoms with van der Waals surface area (Å²) in [5.74, 6) is 1.17. The van der Waals surface area contributed by atoms with E-state index in [4.69, 9.17) is 23.2 Å². The lowest BCUT2D eigenvalue weighted by Gasteiger charge is -2.10. The molecular formula is C15H11BrCl2N2. The quantitative estimate of drug-likeness (QED) is 0.546. The second-order valence-electron chi connectivity index (χ2n) is 4.54. The molecule has 3 rings (SSSR count).